The van der Waals surface area contributed by atoms with Crippen molar-refractivity contribution in [2.24, 2.45) is 0 Å². The molecule has 1 aromatic carbocycles. The van der Waals surface area contributed by atoms with Crippen LogP contribution in [0.2, 0.25) is 5.02 Å². The SMILES string of the molecule is CS(=O)(=O)O.OC[C@@H]1CO[C@@](Cn2ccnc2)(c2ccc(Cl)cc2)O1. The van der Waals surface area contributed by atoms with Gasteiger partial charge in [-0.2, -0.15) is 8.42 Å². The minimum atomic E-state index is -3.67. The van der Waals surface area contributed by atoms with Gasteiger partial charge in [-0.15, -0.1) is 0 Å². The Morgan fingerprint density at radius 2 is 2.04 bits per heavy atom. The van der Waals surface area contributed by atoms with Gasteiger partial charge in [-0.25, -0.2) is 4.98 Å². The Kier molecular flexibility index (Phi) is 6.55. The number of nitrogens with zero attached hydrogens (tertiary/aromatic N) is 2. The zero-order chi connectivity index (χ0) is 18.5. The lowest BCUT2D eigenvalue weighted by atomic mass is 10.1. The number of aromatic nitrogens is 2. The Balaban J connectivity index is 0.000000399. The van der Waals surface area contributed by atoms with Crippen molar-refractivity contribution in [1.82, 2.24) is 9.55 Å². The smallest absolute Gasteiger partial charge is 0.261 e. The Morgan fingerprint density at radius 1 is 1.40 bits per heavy atom. The number of halogens is 1. The summed E-state index contributed by atoms with van der Waals surface area (Å²) in [5, 5.41) is 9.93. The first kappa shape index (κ1) is 19.8. The molecule has 0 bridgehead atoms. The number of hydrogen-bond acceptors (Lipinski definition) is 6. The lowest BCUT2D eigenvalue weighted by Crippen LogP contribution is -2.33. The first-order chi connectivity index (χ1) is 11.7. The summed E-state index contributed by atoms with van der Waals surface area (Å²) in [5.74, 6) is -0.918. The van der Waals surface area contributed by atoms with E-state index in [1.807, 2.05) is 22.9 Å². The number of aliphatic hydroxyl groups is 1. The van der Waals surface area contributed by atoms with E-state index in [-0.39, 0.29) is 12.7 Å². The highest BCUT2D eigenvalue weighted by atomic mass is 35.5. The van der Waals surface area contributed by atoms with Gasteiger partial charge >= 0.3 is 0 Å². The van der Waals surface area contributed by atoms with Crippen molar-refractivity contribution in [3.8, 4) is 0 Å². The molecule has 2 N–H and O–H groups in total. The van der Waals surface area contributed by atoms with E-state index in [0.29, 0.717) is 24.4 Å². The quantitative estimate of drug-likeness (QED) is 0.757. The van der Waals surface area contributed by atoms with E-state index >= 15 is 0 Å². The second kappa shape index (κ2) is 8.26. The van der Waals surface area contributed by atoms with Gasteiger partial charge in [0.05, 0.1) is 32.3 Å². The molecule has 1 saturated heterocycles. The number of rotatable bonds is 4. The van der Waals surface area contributed by atoms with Crippen LogP contribution in [0.3, 0.4) is 0 Å². The predicted molar refractivity (Wildman–Crippen MR) is 90.7 cm³/mol. The van der Waals surface area contributed by atoms with Crippen LogP contribution < -0.4 is 0 Å². The largest absolute Gasteiger partial charge is 0.394 e. The molecule has 2 heterocycles. The number of aliphatic hydroxyl groups excluding tert-OH is 1. The summed E-state index contributed by atoms with van der Waals surface area (Å²) in [5.41, 5.74) is 0.867. The summed E-state index contributed by atoms with van der Waals surface area (Å²) in [6, 6.07) is 7.34. The van der Waals surface area contributed by atoms with Crippen LogP contribution in [0.4, 0.5) is 0 Å². The third-order valence-corrected chi connectivity index (χ3v) is 3.55. The lowest BCUT2D eigenvalue weighted by molar-refractivity contribution is -0.190. The molecule has 3 rings (SSSR count). The van der Waals surface area contributed by atoms with Gasteiger partial charge in [0, 0.05) is 23.0 Å². The fourth-order valence-corrected chi connectivity index (χ4v) is 2.43. The van der Waals surface area contributed by atoms with E-state index in [0.717, 1.165) is 5.56 Å². The van der Waals surface area contributed by atoms with Crippen LogP contribution in [-0.2, 0) is 31.9 Å². The molecule has 0 unspecified atom stereocenters. The molecule has 0 saturated carbocycles. The van der Waals surface area contributed by atoms with Crippen LogP contribution in [0, 0.1) is 0 Å². The molecule has 0 aliphatic carbocycles. The Morgan fingerprint density at radius 3 is 2.52 bits per heavy atom. The second-order valence-corrected chi connectivity index (χ2v) is 7.36. The van der Waals surface area contributed by atoms with Crippen molar-refractivity contribution in [2.75, 3.05) is 19.5 Å². The molecule has 1 aliphatic rings. The van der Waals surface area contributed by atoms with Gasteiger partial charge in [0.25, 0.3) is 10.1 Å². The molecule has 2 aromatic rings. The number of hydrogen-bond donors (Lipinski definition) is 2. The highest BCUT2D eigenvalue weighted by Crippen LogP contribution is 2.36. The molecule has 0 spiro atoms. The third kappa shape index (κ3) is 6.07. The minimum absolute atomic E-state index is 0.0702. The maximum Gasteiger partial charge on any atom is 0.261 e. The number of imidazole rings is 1. The average Bonchev–Trinajstić information content (AvgIpc) is 3.17. The van der Waals surface area contributed by atoms with E-state index in [2.05, 4.69) is 4.98 Å². The maximum atomic E-state index is 9.27. The molecule has 25 heavy (non-hydrogen) atoms. The molecular weight excluding hydrogens is 372 g/mol. The standard InChI is InChI=1S/C14H15ClN2O3.CH4O3S/c15-12-3-1-11(2-4-12)14(9-17-6-5-16-10-17)19-8-13(7-18)20-14;1-5(2,3)4/h1-6,10,13,18H,7-9H2;1H3,(H,2,3,4)/t13-,14-;/m1./s1. The molecule has 0 amide bonds. The first-order valence-corrected chi connectivity index (χ1v) is 9.51. The molecule has 8 nitrogen and oxygen atoms in total. The normalized spacial score (nSPS) is 23.1. The minimum Gasteiger partial charge on any atom is -0.394 e. The van der Waals surface area contributed by atoms with Gasteiger partial charge in [0.15, 0.2) is 0 Å². The van der Waals surface area contributed by atoms with Crippen molar-refractivity contribution in [3.63, 3.8) is 0 Å². The van der Waals surface area contributed by atoms with E-state index in [1.54, 1.807) is 24.7 Å². The predicted octanol–water partition coefficient (Wildman–Crippen LogP) is 1.30. The van der Waals surface area contributed by atoms with Crippen LogP contribution in [-0.4, -0.2) is 53.2 Å². The van der Waals surface area contributed by atoms with E-state index in [4.69, 9.17) is 25.6 Å². The fraction of sp³-hybridized carbons (Fsp3) is 0.400. The molecule has 2 atom stereocenters. The summed E-state index contributed by atoms with van der Waals surface area (Å²) in [7, 11) is -3.67. The lowest BCUT2D eigenvalue weighted by Gasteiger charge is -2.29. The number of ether oxygens (including phenoxy) is 2. The summed E-state index contributed by atoms with van der Waals surface area (Å²) in [4.78, 5) is 4.02. The molecule has 10 heteroatoms. The summed E-state index contributed by atoms with van der Waals surface area (Å²) >= 11 is 5.93. The van der Waals surface area contributed by atoms with Crippen LogP contribution in [0.25, 0.3) is 0 Å². The highest BCUT2D eigenvalue weighted by Gasteiger charge is 2.43. The third-order valence-electron chi connectivity index (χ3n) is 3.30. The van der Waals surface area contributed by atoms with Crippen molar-refractivity contribution in [1.29, 1.82) is 0 Å². The van der Waals surface area contributed by atoms with Crippen LogP contribution in [0.1, 0.15) is 5.56 Å². The molecule has 1 fully saturated rings. The van der Waals surface area contributed by atoms with Gasteiger partial charge in [-0.05, 0) is 12.1 Å². The Bertz CT molecular complexity index is 758. The first-order valence-electron chi connectivity index (χ1n) is 7.29. The molecule has 1 aliphatic heterocycles. The summed E-state index contributed by atoms with van der Waals surface area (Å²) in [6.45, 7) is 0.748. The van der Waals surface area contributed by atoms with E-state index in [1.165, 1.54) is 0 Å². The van der Waals surface area contributed by atoms with Gasteiger partial charge < -0.3 is 19.1 Å². The molecular formula is C15H19ClN2O6S. The second-order valence-electron chi connectivity index (χ2n) is 5.46. The fourth-order valence-electron chi connectivity index (χ4n) is 2.30. The highest BCUT2D eigenvalue weighted by molar-refractivity contribution is 7.85. The summed E-state index contributed by atoms with van der Waals surface area (Å²) < 4.78 is 39.6. The van der Waals surface area contributed by atoms with Gasteiger partial charge in [-0.3, -0.25) is 4.55 Å². The van der Waals surface area contributed by atoms with Crippen LogP contribution >= 0.6 is 11.6 Å². The maximum absolute atomic E-state index is 9.27. The van der Waals surface area contributed by atoms with Gasteiger partial charge in [0.2, 0.25) is 5.79 Å². The summed E-state index contributed by atoms with van der Waals surface area (Å²) in [6.07, 6.45) is 5.64. The Hall–Kier alpha value is -1.49. The zero-order valence-electron chi connectivity index (χ0n) is 13.4. The van der Waals surface area contributed by atoms with Crippen molar-refractivity contribution in [2.45, 2.75) is 18.4 Å². The average molecular weight is 391 g/mol. The molecule has 0 radical (unpaired) electrons. The topological polar surface area (TPSA) is 111 Å². The van der Waals surface area contributed by atoms with Gasteiger partial charge in [0.1, 0.15) is 6.10 Å². The van der Waals surface area contributed by atoms with Crippen molar-refractivity contribution >= 4 is 21.7 Å². The molecule has 1 aromatic heterocycles. The monoisotopic (exact) mass is 390 g/mol. The van der Waals surface area contributed by atoms with Crippen LogP contribution in [0.15, 0.2) is 43.0 Å². The van der Waals surface area contributed by atoms with Gasteiger partial charge in [-0.1, -0.05) is 23.7 Å². The van der Waals surface area contributed by atoms with E-state index < -0.39 is 15.9 Å². The number of benzene rings is 1. The van der Waals surface area contributed by atoms with Crippen LogP contribution in [0.5, 0.6) is 0 Å². The van der Waals surface area contributed by atoms with Crippen molar-refractivity contribution < 1.29 is 27.6 Å². The Labute approximate surface area is 150 Å². The van der Waals surface area contributed by atoms with E-state index in [9.17, 15) is 13.5 Å². The molecule has 138 valence electrons. The van der Waals surface area contributed by atoms with Crippen molar-refractivity contribution in [3.05, 3.63) is 53.6 Å². The zero-order valence-corrected chi connectivity index (χ0v) is 15.0.